The highest BCUT2D eigenvalue weighted by Gasteiger charge is 2.43. The quantitative estimate of drug-likeness (QED) is 0.430. The largest absolute Gasteiger partial charge is 0.467 e. The van der Waals surface area contributed by atoms with E-state index in [1.165, 1.54) is 48.4 Å². The highest BCUT2D eigenvalue weighted by molar-refractivity contribution is 8.01. The van der Waals surface area contributed by atoms with Crippen LogP contribution in [0.3, 0.4) is 0 Å². The molecule has 10 heteroatoms. The van der Waals surface area contributed by atoms with Gasteiger partial charge in [0.15, 0.2) is 4.34 Å². The molecule has 8 nitrogen and oxygen atoms in total. The zero-order valence-electron chi connectivity index (χ0n) is 15.4. The number of carbonyl (C=O) groups is 2. The minimum absolute atomic E-state index is 0.126. The Hall–Kier alpha value is -2.46. The average molecular weight is 422 g/mol. The van der Waals surface area contributed by atoms with Crippen molar-refractivity contribution in [2.45, 2.75) is 47.4 Å². The van der Waals surface area contributed by atoms with E-state index in [1.54, 1.807) is 0 Å². The molecule has 1 N–H and O–H groups in total. The highest BCUT2D eigenvalue weighted by Crippen LogP contribution is 2.37. The molecule has 1 amide bonds. The first-order valence-corrected chi connectivity index (χ1v) is 10.3. The number of aryl methyl sites for hydroxylation is 1. The van der Waals surface area contributed by atoms with E-state index >= 15 is 0 Å². The molecule has 3 rings (SSSR count). The zero-order valence-corrected chi connectivity index (χ0v) is 17.0. The molecule has 0 unspecified atom stereocenters. The third-order valence-corrected chi connectivity index (χ3v) is 6.72. The van der Waals surface area contributed by atoms with Gasteiger partial charge in [-0.3, -0.25) is 14.9 Å². The van der Waals surface area contributed by atoms with Gasteiger partial charge in [0.1, 0.15) is 5.54 Å². The molecular formula is C18H19N3O5S2. The van der Waals surface area contributed by atoms with Crippen LogP contribution in [0.15, 0.2) is 32.8 Å². The molecule has 0 bridgehead atoms. The molecule has 1 saturated carbocycles. The lowest BCUT2D eigenvalue weighted by Gasteiger charge is -2.27. The minimum atomic E-state index is -1.06. The number of hydrogen-bond acceptors (Lipinski definition) is 8. The second-order valence-corrected chi connectivity index (χ2v) is 8.68. The van der Waals surface area contributed by atoms with Gasteiger partial charge < -0.3 is 10.1 Å². The van der Waals surface area contributed by atoms with Crippen LogP contribution < -0.4 is 5.32 Å². The Kier molecular flexibility index (Phi) is 5.99. The SMILES string of the molecule is COC(=O)C1(NC(=O)c2ccc(Sc3nc(C)cs3)c([N+](=O)[O-])c2)CCCC1. The third-order valence-electron chi connectivity index (χ3n) is 4.60. The smallest absolute Gasteiger partial charge is 0.331 e. The van der Waals surface area contributed by atoms with Crippen molar-refractivity contribution in [3.05, 3.63) is 45.0 Å². The summed E-state index contributed by atoms with van der Waals surface area (Å²) in [5, 5.41) is 16.1. The summed E-state index contributed by atoms with van der Waals surface area (Å²) in [7, 11) is 1.28. The van der Waals surface area contributed by atoms with E-state index < -0.39 is 22.3 Å². The summed E-state index contributed by atoms with van der Waals surface area (Å²) < 4.78 is 5.54. The number of methoxy groups -OCH3 is 1. The summed E-state index contributed by atoms with van der Waals surface area (Å²) >= 11 is 2.58. The average Bonchev–Trinajstić information content (AvgIpc) is 3.30. The molecule has 0 atom stereocenters. The van der Waals surface area contributed by atoms with E-state index in [0.717, 1.165) is 18.5 Å². The molecule has 2 aromatic rings. The fraction of sp³-hybridized carbons (Fsp3) is 0.389. The van der Waals surface area contributed by atoms with Crippen LogP contribution in [-0.4, -0.2) is 34.4 Å². The number of ether oxygens (including phenoxy) is 1. The maximum Gasteiger partial charge on any atom is 0.331 e. The molecular weight excluding hydrogens is 402 g/mol. The van der Waals surface area contributed by atoms with Gasteiger partial charge in [-0.15, -0.1) is 11.3 Å². The maximum atomic E-state index is 12.7. The van der Waals surface area contributed by atoms with E-state index in [-0.39, 0.29) is 11.3 Å². The van der Waals surface area contributed by atoms with Crippen molar-refractivity contribution >= 4 is 40.7 Å². The minimum Gasteiger partial charge on any atom is -0.467 e. The fourth-order valence-electron chi connectivity index (χ4n) is 3.20. The molecule has 1 aliphatic rings. The predicted octanol–water partition coefficient (Wildman–Crippen LogP) is 3.73. The van der Waals surface area contributed by atoms with Gasteiger partial charge in [0.25, 0.3) is 11.6 Å². The zero-order chi connectivity index (χ0) is 20.3. The van der Waals surface area contributed by atoms with Crippen molar-refractivity contribution in [1.82, 2.24) is 10.3 Å². The van der Waals surface area contributed by atoms with Gasteiger partial charge in [-0.2, -0.15) is 0 Å². The number of hydrogen-bond donors (Lipinski definition) is 1. The molecule has 148 valence electrons. The molecule has 0 radical (unpaired) electrons. The van der Waals surface area contributed by atoms with Gasteiger partial charge in [-0.05, 0) is 31.9 Å². The van der Waals surface area contributed by atoms with E-state index in [4.69, 9.17) is 4.74 Å². The molecule has 0 spiro atoms. The van der Waals surface area contributed by atoms with Gasteiger partial charge in [-0.1, -0.05) is 24.6 Å². The van der Waals surface area contributed by atoms with Crippen LogP contribution in [0.25, 0.3) is 0 Å². The van der Waals surface area contributed by atoms with Crippen molar-refractivity contribution in [2.24, 2.45) is 0 Å². The van der Waals surface area contributed by atoms with Crippen LogP contribution in [0.1, 0.15) is 41.7 Å². The Morgan fingerprint density at radius 1 is 1.36 bits per heavy atom. The summed E-state index contributed by atoms with van der Waals surface area (Å²) in [5.74, 6) is -1.02. The Morgan fingerprint density at radius 2 is 2.07 bits per heavy atom. The number of nitro groups is 1. The Labute approximate surface area is 169 Å². The van der Waals surface area contributed by atoms with Crippen molar-refractivity contribution < 1.29 is 19.2 Å². The molecule has 1 aromatic heterocycles. The van der Waals surface area contributed by atoms with E-state index in [2.05, 4.69) is 10.3 Å². The van der Waals surface area contributed by atoms with E-state index in [9.17, 15) is 19.7 Å². The highest BCUT2D eigenvalue weighted by atomic mass is 32.2. The molecule has 0 aliphatic heterocycles. The summed E-state index contributed by atoms with van der Waals surface area (Å²) in [6.45, 7) is 1.85. The summed E-state index contributed by atoms with van der Waals surface area (Å²) in [6.07, 6.45) is 2.59. The first-order valence-electron chi connectivity index (χ1n) is 8.64. The molecule has 1 fully saturated rings. The number of esters is 1. The molecule has 28 heavy (non-hydrogen) atoms. The second-order valence-electron chi connectivity index (χ2n) is 6.53. The van der Waals surface area contributed by atoms with Crippen LogP contribution in [0.5, 0.6) is 0 Å². The van der Waals surface area contributed by atoms with E-state index in [1.807, 2.05) is 12.3 Å². The number of carbonyl (C=O) groups excluding carboxylic acids is 2. The van der Waals surface area contributed by atoms with Gasteiger partial charge in [0.2, 0.25) is 0 Å². The van der Waals surface area contributed by atoms with E-state index in [0.29, 0.717) is 22.1 Å². The summed E-state index contributed by atoms with van der Waals surface area (Å²) in [4.78, 5) is 40.6. The maximum absolute atomic E-state index is 12.7. The second kappa shape index (κ2) is 8.27. The van der Waals surface area contributed by atoms with Crippen LogP contribution in [-0.2, 0) is 9.53 Å². The number of rotatable bonds is 6. The van der Waals surface area contributed by atoms with Crippen LogP contribution >= 0.6 is 23.1 Å². The topological polar surface area (TPSA) is 111 Å². The normalized spacial score (nSPS) is 15.2. The Balaban J connectivity index is 1.85. The summed E-state index contributed by atoms with van der Waals surface area (Å²) in [6, 6.07) is 4.29. The number of aromatic nitrogens is 1. The first-order chi connectivity index (χ1) is 13.3. The van der Waals surface area contributed by atoms with Gasteiger partial charge in [0, 0.05) is 22.7 Å². The Bertz CT molecular complexity index is 922. The Morgan fingerprint density at radius 3 is 2.64 bits per heavy atom. The number of nitrogens with one attached hydrogen (secondary N) is 1. The number of thiazole rings is 1. The van der Waals surface area contributed by atoms with Crippen molar-refractivity contribution in [1.29, 1.82) is 0 Å². The number of nitrogens with zero attached hydrogens (tertiary/aromatic N) is 2. The molecule has 1 heterocycles. The van der Waals surface area contributed by atoms with Gasteiger partial charge in [0.05, 0.1) is 16.9 Å². The van der Waals surface area contributed by atoms with Crippen molar-refractivity contribution in [3.63, 3.8) is 0 Å². The number of benzene rings is 1. The lowest BCUT2D eigenvalue weighted by atomic mass is 9.97. The van der Waals surface area contributed by atoms with Crippen LogP contribution in [0.2, 0.25) is 0 Å². The lowest BCUT2D eigenvalue weighted by molar-refractivity contribution is -0.387. The lowest BCUT2D eigenvalue weighted by Crippen LogP contribution is -2.53. The van der Waals surface area contributed by atoms with Crippen LogP contribution in [0.4, 0.5) is 5.69 Å². The fourth-order valence-corrected chi connectivity index (χ4v) is 5.08. The van der Waals surface area contributed by atoms with Gasteiger partial charge >= 0.3 is 5.97 Å². The number of nitro benzene ring substituents is 1. The van der Waals surface area contributed by atoms with Gasteiger partial charge in [-0.25, -0.2) is 9.78 Å². The first kappa shape index (κ1) is 20.3. The molecule has 1 aromatic carbocycles. The van der Waals surface area contributed by atoms with Crippen molar-refractivity contribution in [2.75, 3.05) is 7.11 Å². The summed E-state index contributed by atoms with van der Waals surface area (Å²) in [5.41, 5.74) is -0.270. The number of amides is 1. The van der Waals surface area contributed by atoms with Crippen molar-refractivity contribution in [3.8, 4) is 0 Å². The molecule has 1 aliphatic carbocycles. The standard InChI is InChI=1S/C18H19N3O5S2/c1-11-10-27-17(19-11)28-14-6-5-12(9-13(14)21(24)25)15(22)20-18(16(23)26-2)7-3-4-8-18/h5-6,9-10H,3-4,7-8H2,1-2H3,(H,20,22). The monoisotopic (exact) mass is 421 g/mol. The third kappa shape index (κ3) is 4.17. The molecule has 0 saturated heterocycles. The predicted molar refractivity (Wildman–Crippen MR) is 105 cm³/mol. The van der Waals surface area contributed by atoms with Crippen LogP contribution in [0, 0.1) is 17.0 Å².